The first-order chi connectivity index (χ1) is 9.63. The first kappa shape index (κ1) is 14.3. The van der Waals surface area contributed by atoms with Crippen molar-refractivity contribution >= 4 is 33.2 Å². The summed E-state index contributed by atoms with van der Waals surface area (Å²) in [4.78, 5) is 12.2. The first-order valence-electron chi connectivity index (χ1n) is 5.97. The van der Waals surface area contributed by atoms with Crippen LogP contribution in [-0.2, 0) is 0 Å². The molecule has 0 bridgehead atoms. The standard InChI is InChI=1S/C15H13BrN2O2/c1-10(18-20)12-8-5-9-13(16)14(12)17-15(19)11-6-3-2-4-7-11/h2-9,20H,1H3,(H,17,19)/b18-10+. The van der Waals surface area contributed by atoms with Crippen molar-refractivity contribution in [2.75, 3.05) is 5.32 Å². The molecule has 1 amide bonds. The molecule has 0 aliphatic carbocycles. The monoisotopic (exact) mass is 332 g/mol. The maximum atomic E-state index is 12.2. The molecule has 20 heavy (non-hydrogen) atoms. The molecule has 0 fully saturated rings. The van der Waals surface area contributed by atoms with Crippen molar-refractivity contribution in [2.24, 2.45) is 5.16 Å². The fraction of sp³-hybridized carbons (Fsp3) is 0.0667. The zero-order valence-electron chi connectivity index (χ0n) is 10.8. The molecule has 0 heterocycles. The number of carbonyl (C=O) groups is 1. The minimum Gasteiger partial charge on any atom is -0.411 e. The van der Waals surface area contributed by atoms with Gasteiger partial charge in [0.25, 0.3) is 5.91 Å². The maximum Gasteiger partial charge on any atom is 0.255 e. The van der Waals surface area contributed by atoms with Crippen LogP contribution in [0.2, 0.25) is 0 Å². The number of halogens is 1. The molecule has 5 heteroatoms. The van der Waals surface area contributed by atoms with Crippen LogP contribution in [0.5, 0.6) is 0 Å². The Morgan fingerprint density at radius 2 is 1.85 bits per heavy atom. The molecule has 2 aromatic rings. The summed E-state index contributed by atoms with van der Waals surface area (Å²) in [5.74, 6) is -0.218. The third-order valence-electron chi connectivity index (χ3n) is 2.83. The van der Waals surface area contributed by atoms with Crippen LogP contribution >= 0.6 is 15.9 Å². The number of hydrogen-bond acceptors (Lipinski definition) is 3. The number of rotatable bonds is 3. The number of hydrogen-bond donors (Lipinski definition) is 2. The number of carbonyl (C=O) groups excluding carboxylic acids is 1. The lowest BCUT2D eigenvalue weighted by molar-refractivity contribution is 0.102. The Balaban J connectivity index is 2.37. The van der Waals surface area contributed by atoms with Crippen LogP contribution in [0, 0.1) is 0 Å². The molecule has 0 unspecified atom stereocenters. The Labute approximate surface area is 125 Å². The fourth-order valence-corrected chi connectivity index (χ4v) is 2.25. The molecule has 0 radical (unpaired) electrons. The van der Waals surface area contributed by atoms with Crippen LogP contribution in [-0.4, -0.2) is 16.8 Å². The second-order valence-corrected chi connectivity index (χ2v) is 5.02. The quantitative estimate of drug-likeness (QED) is 0.508. The van der Waals surface area contributed by atoms with Crippen LogP contribution in [0.3, 0.4) is 0 Å². The lowest BCUT2D eigenvalue weighted by Gasteiger charge is -2.12. The van der Waals surface area contributed by atoms with Gasteiger partial charge >= 0.3 is 0 Å². The van der Waals surface area contributed by atoms with E-state index in [9.17, 15) is 4.79 Å². The van der Waals surface area contributed by atoms with E-state index in [1.165, 1.54) is 0 Å². The van der Waals surface area contributed by atoms with E-state index in [-0.39, 0.29) is 5.91 Å². The summed E-state index contributed by atoms with van der Waals surface area (Å²) in [5, 5.41) is 14.9. The average molecular weight is 333 g/mol. The molecule has 0 spiro atoms. The van der Waals surface area contributed by atoms with E-state index in [0.29, 0.717) is 22.5 Å². The molecular weight excluding hydrogens is 320 g/mol. The van der Waals surface area contributed by atoms with Gasteiger partial charge in [0.1, 0.15) is 0 Å². The molecule has 2 aromatic carbocycles. The highest BCUT2D eigenvalue weighted by Crippen LogP contribution is 2.27. The number of anilines is 1. The van der Waals surface area contributed by atoms with Gasteiger partial charge in [0.15, 0.2) is 0 Å². The molecule has 0 atom stereocenters. The average Bonchev–Trinajstić information content (AvgIpc) is 2.49. The third kappa shape index (κ3) is 3.05. The zero-order valence-corrected chi connectivity index (χ0v) is 12.4. The smallest absolute Gasteiger partial charge is 0.255 e. The van der Waals surface area contributed by atoms with Gasteiger partial charge < -0.3 is 10.5 Å². The SMILES string of the molecule is C/C(=N\O)c1cccc(Br)c1NC(=O)c1ccccc1. The van der Waals surface area contributed by atoms with Gasteiger partial charge in [0.05, 0.1) is 11.4 Å². The van der Waals surface area contributed by atoms with E-state index < -0.39 is 0 Å². The lowest BCUT2D eigenvalue weighted by atomic mass is 10.1. The Hall–Kier alpha value is -2.14. The molecule has 102 valence electrons. The lowest BCUT2D eigenvalue weighted by Crippen LogP contribution is -2.15. The van der Waals surface area contributed by atoms with Gasteiger partial charge in [0, 0.05) is 15.6 Å². The van der Waals surface area contributed by atoms with Crippen molar-refractivity contribution in [2.45, 2.75) is 6.92 Å². The molecule has 0 aliphatic heterocycles. The van der Waals surface area contributed by atoms with E-state index in [4.69, 9.17) is 5.21 Å². The molecule has 0 saturated heterocycles. The summed E-state index contributed by atoms with van der Waals surface area (Å²) in [6.07, 6.45) is 0. The minimum atomic E-state index is -0.218. The predicted octanol–water partition coefficient (Wildman–Crippen LogP) is 3.90. The van der Waals surface area contributed by atoms with Crippen molar-refractivity contribution < 1.29 is 10.0 Å². The van der Waals surface area contributed by atoms with Crippen LogP contribution < -0.4 is 5.32 Å². The highest BCUT2D eigenvalue weighted by atomic mass is 79.9. The van der Waals surface area contributed by atoms with Crippen molar-refractivity contribution in [1.29, 1.82) is 0 Å². The van der Waals surface area contributed by atoms with Gasteiger partial charge in [-0.2, -0.15) is 0 Å². The van der Waals surface area contributed by atoms with Gasteiger partial charge in [-0.05, 0) is 41.1 Å². The number of nitrogens with zero attached hydrogens (tertiary/aromatic N) is 1. The Bertz CT molecular complexity index is 654. The van der Waals surface area contributed by atoms with Crippen molar-refractivity contribution in [3.8, 4) is 0 Å². The summed E-state index contributed by atoms with van der Waals surface area (Å²) < 4.78 is 0.724. The van der Waals surface area contributed by atoms with Gasteiger partial charge in [0.2, 0.25) is 0 Å². The Kier molecular flexibility index (Phi) is 4.53. The third-order valence-corrected chi connectivity index (χ3v) is 3.49. The van der Waals surface area contributed by atoms with E-state index in [2.05, 4.69) is 26.4 Å². The number of amides is 1. The molecule has 2 N–H and O–H groups in total. The van der Waals surface area contributed by atoms with Crippen LogP contribution in [0.25, 0.3) is 0 Å². The molecule has 0 aromatic heterocycles. The molecule has 0 aliphatic rings. The second kappa shape index (κ2) is 6.34. The highest BCUT2D eigenvalue weighted by molar-refractivity contribution is 9.10. The van der Waals surface area contributed by atoms with Crippen molar-refractivity contribution in [3.05, 3.63) is 64.1 Å². The van der Waals surface area contributed by atoms with Gasteiger partial charge in [-0.1, -0.05) is 35.5 Å². The maximum absolute atomic E-state index is 12.2. The van der Waals surface area contributed by atoms with Crippen LogP contribution in [0.15, 0.2) is 58.2 Å². The largest absolute Gasteiger partial charge is 0.411 e. The summed E-state index contributed by atoms with van der Waals surface area (Å²) in [5.41, 5.74) is 2.23. The topological polar surface area (TPSA) is 61.7 Å². The van der Waals surface area contributed by atoms with Crippen LogP contribution in [0.1, 0.15) is 22.8 Å². The molecular formula is C15H13BrN2O2. The summed E-state index contributed by atoms with van der Waals surface area (Å²) in [6, 6.07) is 14.3. The second-order valence-electron chi connectivity index (χ2n) is 4.17. The van der Waals surface area contributed by atoms with E-state index in [0.717, 1.165) is 4.47 Å². The fourth-order valence-electron chi connectivity index (χ4n) is 1.78. The van der Waals surface area contributed by atoms with Crippen LogP contribution in [0.4, 0.5) is 5.69 Å². The van der Waals surface area contributed by atoms with E-state index in [1.807, 2.05) is 18.2 Å². The summed E-state index contributed by atoms with van der Waals surface area (Å²) in [7, 11) is 0. The molecule has 4 nitrogen and oxygen atoms in total. The number of oxime groups is 1. The van der Waals surface area contributed by atoms with E-state index in [1.54, 1.807) is 37.3 Å². The Morgan fingerprint density at radius 1 is 1.15 bits per heavy atom. The Morgan fingerprint density at radius 3 is 2.50 bits per heavy atom. The minimum absolute atomic E-state index is 0.218. The van der Waals surface area contributed by atoms with Crippen molar-refractivity contribution in [3.63, 3.8) is 0 Å². The number of benzene rings is 2. The van der Waals surface area contributed by atoms with Gasteiger partial charge in [-0.3, -0.25) is 4.79 Å². The number of para-hydroxylation sites is 1. The normalized spacial score (nSPS) is 11.2. The van der Waals surface area contributed by atoms with Crippen molar-refractivity contribution in [1.82, 2.24) is 0 Å². The summed E-state index contributed by atoms with van der Waals surface area (Å²) >= 11 is 3.39. The zero-order chi connectivity index (χ0) is 14.5. The summed E-state index contributed by atoms with van der Waals surface area (Å²) in [6.45, 7) is 1.67. The van der Waals surface area contributed by atoms with Gasteiger partial charge in [-0.15, -0.1) is 0 Å². The predicted molar refractivity (Wildman–Crippen MR) is 82.5 cm³/mol. The van der Waals surface area contributed by atoms with Gasteiger partial charge in [-0.25, -0.2) is 0 Å². The molecule has 2 rings (SSSR count). The number of nitrogens with one attached hydrogen (secondary N) is 1. The highest BCUT2D eigenvalue weighted by Gasteiger charge is 2.13. The first-order valence-corrected chi connectivity index (χ1v) is 6.76. The van der Waals surface area contributed by atoms with E-state index >= 15 is 0 Å². The molecule has 0 saturated carbocycles.